The van der Waals surface area contributed by atoms with Crippen molar-refractivity contribution in [1.29, 1.82) is 0 Å². The average molecular weight is 236 g/mol. The molecule has 0 aromatic heterocycles. The Balaban J connectivity index is 3.42. The molecular formula is C7H7BrFNO2. The van der Waals surface area contributed by atoms with Crippen LogP contribution >= 0.6 is 15.9 Å². The lowest BCUT2D eigenvalue weighted by atomic mass is 10.2. The van der Waals surface area contributed by atoms with E-state index in [9.17, 15) is 4.39 Å². The molecule has 3 nitrogen and oxygen atoms in total. The number of aromatic hydroxyl groups is 2. The van der Waals surface area contributed by atoms with E-state index in [0.717, 1.165) is 6.07 Å². The van der Waals surface area contributed by atoms with Crippen molar-refractivity contribution >= 4 is 15.9 Å². The molecule has 1 rings (SSSR count). The predicted molar refractivity (Wildman–Crippen MR) is 45.3 cm³/mol. The van der Waals surface area contributed by atoms with Crippen molar-refractivity contribution in [2.75, 3.05) is 0 Å². The largest absolute Gasteiger partial charge is 0.504 e. The van der Waals surface area contributed by atoms with Gasteiger partial charge in [-0.2, -0.15) is 0 Å². The summed E-state index contributed by atoms with van der Waals surface area (Å²) in [5.41, 5.74) is 5.06. The van der Waals surface area contributed by atoms with Crippen LogP contribution in [0.15, 0.2) is 10.5 Å². The molecule has 0 radical (unpaired) electrons. The third-order valence-electron chi connectivity index (χ3n) is 1.47. The molecule has 0 unspecified atom stereocenters. The fourth-order valence-corrected chi connectivity index (χ4v) is 1.30. The smallest absolute Gasteiger partial charge is 0.165 e. The van der Waals surface area contributed by atoms with Crippen molar-refractivity contribution in [3.05, 3.63) is 21.9 Å². The van der Waals surface area contributed by atoms with Gasteiger partial charge in [0, 0.05) is 18.2 Å². The first-order chi connectivity index (χ1) is 5.57. The van der Waals surface area contributed by atoms with Gasteiger partial charge in [0.15, 0.2) is 11.5 Å². The van der Waals surface area contributed by atoms with Crippen LogP contribution in [-0.2, 0) is 6.54 Å². The topological polar surface area (TPSA) is 66.5 Å². The molecule has 0 aliphatic rings. The van der Waals surface area contributed by atoms with Crippen LogP contribution in [0.3, 0.4) is 0 Å². The van der Waals surface area contributed by atoms with E-state index in [-0.39, 0.29) is 22.3 Å². The molecule has 12 heavy (non-hydrogen) atoms. The van der Waals surface area contributed by atoms with Crippen molar-refractivity contribution in [2.24, 2.45) is 5.73 Å². The first kappa shape index (κ1) is 9.28. The molecule has 5 heteroatoms. The zero-order valence-electron chi connectivity index (χ0n) is 6.01. The fraction of sp³-hybridized carbons (Fsp3) is 0.143. The molecule has 0 aliphatic carbocycles. The summed E-state index contributed by atoms with van der Waals surface area (Å²) in [6.07, 6.45) is 0. The maximum atomic E-state index is 13.0. The van der Waals surface area contributed by atoms with E-state index in [2.05, 4.69) is 15.9 Å². The molecule has 0 fully saturated rings. The Kier molecular flexibility index (Phi) is 2.54. The number of hydrogen-bond donors (Lipinski definition) is 3. The fourth-order valence-electron chi connectivity index (χ4n) is 0.841. The molecule has 0 amide bonds. The van der Waals surface area contributed by atoms with Gasteiger partial charge in [-0.15, -0.1) is 0 Å². The van der Waals surface area contributed by atoms with E-state index in [0.29, 0.717) is 0 Å². The van der Waals surface area contributed by atoms with E-state index < -0.39 is 11.6 Å². The number of rotatable bonds is 1. The van der Waals surface area contributed by atoms with Gasteiger partial charge in [-0.1, -0.05) is 0 Å². The normalized spacial score (nSPS) is 10.2. The Morgan fingerprint density at radius 3 is 2.58 bits per heavy atom. The van der Waals surface area contributed by atoms with Crippen LogP contribution < -0.4 is 5.73 Å². The van der Waals surface area contributed by atoms with Gasteiger partial charge in [0.25, 0.3) is 0 Å². The van der Waals surface area contributed by atoms with Crippen LogP contribution in [0.25, 0.3) is 0 Å². The quantitative estimate of drug-likeness (QED) is 0.646. The van der Waals surface area contributed by atoms with Crippen molar-refractivity contribution < 1.29 is 14.6 Å². The van der Waals surface area contributed by atoms with Gasteiger partial charge >= 0.3 is 0 Å². The van der Waals surface area contributed by atoms with Crippen molar-refractivity contribution in [2.45, 2.75) is 6.54 Å². The monoisotopic (exact) mass is 235 g/mol. The molecule has 0 spiro atoms. The standard InChI is InChI=1S/C7H7BrFNO2/c8-4-1-5(11)7(12)3(2-10)6(4)9/h1,11-12H,2,10H2. The second-order valence-corrected chi connectivity index (χ2v) is 3.08. The van der Waals surface area contributed by atoms with Gasteiger partial charge in [-0.05, 0) is 15.9 Å². The first-order valence-electron chi connectivity index (χ1n) is 3.16. The number of hydrogen-bond acceptors (Lipinski definition) is 3. The Hall–Kier alpha value is -0.810. The summed E-state index contributed by atoms with van der Waals surface area (Å²) in [6, 6.07) is 1.07. The Morgan fingerprint density at radius 2 is 2.08 bits per heavy atom. The van der Waals surface area contributed by atoms with Crippen molar-refractivity contribution in [1.82, 2.24) is 0 Å². The highest BCUT2D eigenvalue weighted by Crippen LogP contribution is 2.35. The van der Waals surface area contributed by atoms with Gasteiger partial charge in [0.2, 0.25) is 0 Å². The van der Waals surface area contributed by atoms with Gasteiger partial charge in [-0.25, -0.2) is 4.39 Å². The molecule has 4 N–H and O–H groups in total. The van der Waals surface area contributed by atoms with E-state index in [1.807, 2.05) is 0 Å². The summed E-state index contributed by atoms with van der Waals surface area (Å²) >= 11 is 2.87. The summed E-state index contributed by atoms with van der Waals surface area (Å²) in [7, 11) is 0. The second kappa shape index (κ2) is 3.28. The number of benzene rings is 1. The van der Waals surface area contributed by atoms with Crippen molar-refractivity contribution in [3.8, 4) is 11.5 Å². The van der Waals surface area contributed by atoms with Crippen LogP contribution in [-0.4, -0.2) is 10.2 Å². The highest BCUT2D eigenvalue weighted by atomic mass is 79.9. The minimum Gasteiger partial charge on any atom is -0.504 e. The Morgan fingerprint density at radius 1 is 1.50 bits per heavy atom. The highest BCUT2D eigenvalue weighted by molar-refractivity contribution is 9.10. The zero-order chi connectivity index (χ0) is 9.30. The first-order valence-corrected chi connectivity index (χ1v) is 3.96. The summed E-state index contributed by atoms with van der Waals surface area (Å²) in [5, 5.41) is 18.1. The summed E-state index contributed by atoms with van der Waals surface area (Å²) in [4.78, 5) is 0. The lowest BCUT2D eigenvalue weighted by Crippen LogP contribution is -2.00. The zero-order valence-corrected chi connectivity index (χ0v) is 7.60. The van der Waals surface area contributed by atoms with Crippen LogP contribution in [0.1, 0.15) is 5.56 Å². The van der Waals surface area contributed by atoms with Gasteiger partial charge in [0.05, 0.1) is 4.47 Å². The highest BCUT2D eigenvalue weighted by Gasteiger charge is 2.14. The third kappa shape index (κ3) is 1.37. The lowest BCUT2D eigenvalue weighted by Gasteiger charge is -2.06. The molecule has 1 aromatic carbocycles. The van der Waals surface area contributed by atoms with E-state index in [1.165, 1.54) is 0 Å². The number of phenols is 2. The van der Waals surface area contributed by atoms with Crippen molar-refractivity contribution in [3.63, 3.8) is 0 Å². The van der Waals surface area contributed by atoms with Gasteiger partial charge < -0.3 is 15.9 Å². The predicted octanol–water partition coefficient (Wildman–Crippen LogP) is 1.46. The molecule has 66 valence electrons. The van der Waals surface area contributed by atoms with Crippen LogP contribution in [0.4, 0.5) is 4.39 Å². The molecule has 1 aromatic rings. The molecule has 0 heterocycles. The van der Waals surface area contributed by atoms with Gasteiger partial charge in [-0.3, -0.25) is 0 Å². The van der Waals surface area contributed by atoms with E-state index in [1.54, 1.807) is 0 Å². The third-order valence-corrected chi connectivity index (χ3v) is 2.05. The lowest BCUT2D eigenvalue weighted by molar-refractivity contribution is 0.393. The van der Waals surface area contributed by atoms with Crippen LogP contribution in [0.5, 0.6) is 11.5 Å². The molecule has 0 saturated carbocycles. The van der Waals surface area contributed by atoms with Gasteiger partial charge in [0.1, 0.15) is 5.82 Å². The summed E-state index contributed by atoms with van der Waals surface area (Å²) in [5.74, 6) is -1.53. The SMILES string of the molecule is NCc1c(O)c(O)cc(Br)c1F. The number of phenolic OH excluding ortho intramolecular Hbond substituents is 2. The molecule has 0 bridgehead atoms. The molecule has 0 atom stereocenters. The minimum atomic E-state index is -0.646. The van der Waals surface area contributed by atoms with E-state index in [4.69, 9.17) is 15.9 Å². The maximum Gasteiger partial charge on any atom is 0.165 e. The second-order valence-electron chi connectivity index (χ2n) is 2.22. The summed E-state index contributed by atoms with van der Waals surface area (Å²) < 4.78 is 13.1. The molecular weight excluding hydrogens is 229 g/mol. The minimum absolute atomic E-state index is 0.0817. The van der Waals surface area contributed by atoms with E-state index >= 15 is 0 Å². The Bertz CT molecular complexity index is 291. The number of nitrogens with two attached hydrogens (primary N) is 1. The van der Waals surface area contributed by atoms with Crippen LogP contribution in [0.2, 0.25) is 0 Å². The maximum absolute atomic E-state index is 13.0. The van der Waals surface area contributed by atoms with Crippen LogP contribution in [0, 0.1) is 5.82 Å². The average Bonchev–Trinajstić information content (AvgIpc) is 2.02. The summed E-state index contributed by atoms with van der Waals surface area (Å²) in [6.45, 7) is -0.162. The number of halogens is 2. The Labute approximate surface area is 76.8 Å². The molecule has 0 saturated heterocycles. The molecule has 0 aliphatic heterocycles.